The van der Waals surface area contributed by atoms with Gasteiger partial charge >= 0.3 is 0 Å². The molecule has 0 radical (unpaired) electrons. The molecule has 0 spiro atoms. The highest BCUT2D eigenvalue weighted by molar-refractivity contribution is 7.22. The number of halogens is 1. The first kappa shape index (κ1) is 19.5. The maximum atomic E-state index is 13.0. The Morgan fingerprint density at radius 2 is 1.81 bits per heavy atom. The first-order valence-corrected chi connectivity index (χ1v) is 10.6. The number of fused-ring (bicyclic) bond motifs is 1. The third-order valence-electron chi connectivity index (χ3n) is 4.87. The van der Waals surface area contributed by atoms with Gasteiger partial charge in [-0.05, 0) is 60.2 Å². The van der Waals surface area contributed by atoms with Crippen molar-refractivity contribution >= 4 is 33.2 Å². The number of hydrogen-bond acceptors (Lipinski definition) is 6. The van der Waals surface area contributed by atoms with Gasteiger partial charge in [-0.15, -0.1) is 11.3 Å². The van der Waals surface area contributed by atoms with E-state index in [1.54, 1.807) is 25.4 Å². The topological polar surface area (TPSA) is 70.2 Å². The molecule has 0 saturated heterocycles. The predicted octanol–water partition coefficient (Wildman–Crippen LogP) is 5.49. The summed E-state index contributed by atoms with van der Waals surface area (Å²) < 4.78 is 13.1. The van der Waals surface area contributed by atoms with Crippen LogP contribution >= 0.6 is 22.9 Å². The third-order valence-corrected chi connectivity index (χ3v) is 6.28. The minimum atomic E-state index is -0.124. The average Bonchev–Trinajstić information content (AvgIpc) is 3.44. The van der Waals surface area contributed by atoms with Crippen LogP contribution in [0.4, 0.5) is 0 Å². The smallest absolute Gasteiger partial charge is 0.271 e. The molecule has 0 atom stereocenters. The number of benzene rings is 2. The zero-order valence-corrected chi connectivity index (χ0v) is 18.0. The lowest BCUT2D eigenvalue weighted by Crippen LogP contribution is -2.20. The van der Waals surface area contributed by atoms with Gasteiger partial charge in [-0.1, -0.05) is 11.6 Å². The van der Waals surface area contributed by atoms with Gasteiger partial charge < -0.3 is 9.15 Å². The molecule has 31 heavy (non-hydrogen) atoms. The van der Waals surface area contributed by atoms with Crippen molar-refractivity contribution in [1.29, 1.82) is 0 Å². The maximum Gasteiger partial charge on any atom is 0.271 e. The number of nitrogens with zero attached hydrogens (tertiary/aromatic N) is 3. The van der Waals surface area contributed by atoms with Gasteiger partial charge in [0.05, 0.1) is 25.2 Å². The van der Waals surface area contributed by atoms with E-state index < -0.39 is 0 Å². The molecule has 8 heteroatoms. The Kier molecular flexibility index (Phi) is 5.05. The van der Waals surface area contributed by atoms with E-state index >= 15 is 0 Å². The normalized spacial score (nSPS) is 11.2. The van der Waals surface area contributed by atoms with Crippen LogP contribution in [0.3, 0.4) is 0 Å². The number of ether oxygens (including phenoxy) is 1. The van der Waals surface area contributed by atoms with Gasteiger partial charge in [0.15, 0.2) is 5.76 Å². The van der Waals surface area contributed by atoms with Crippen molar-refractivity contribution in [2.24, 2.45) is 0 Å². The largest absolute Gasteiger partial charge is 0.497 e. The SMILES string of the molecule is COc1ccc(-c2cc3ncn(Cc4ncc(-c5ccc(Cl)cc5)o4)c(=O)c3s2)cc1. The Labute approximate surface area is 186 Å². The molecule has 0 aliphatic heterocycles. The molecule has 154 valence electrons. The van der Waals surface area contributed by atoms with E-state index in [2.05, 4.69) is 9.97 Å². The van der Waals surface area contributed by atoms with Gasteiger partial charge in [0.2, 0.25) is 5.89 Å². The lowest BCUT2D eigenvalue weighted by Gasteiger charge is -2.01. The molecule has 3 heterocycles. The van der Waals surface area contributed by atoms with E-state index in [1.807, 2.05) is 42.5 Å². The summed E-state index contributed by atoms with van der Waals surface area (Å²) in [6.45, 7) is 0.200. The standard InChI is InChI=1S/C23H16ClN3O3S/c1-29-17-8-4-15(5-9-17)20-10-18-22(31-20)23(28)27(13-26-18)12-21-25-11-19(30-21)14-2-6-16(24)7-3-14/h2-11,13H,12H2,1H3. The van der Waals surface area contributed by atoms with E-state index in [9.17, 15) is 4.79 Å². The quantitative estimate of drug-likeness (QED) is 0.355. The van der Waals surface area contributed by atoms with Gasteiger partial charge in [0, 0.05) is 15.5 Å². The highest BCUT2D eigenvalue weighted by Crippen LogP contribution is 2.32. The van der Waals surface area contributed by atoms with Crippen LogP contribution < -0.4 is 10.3 Å². The second-order valence-corrected chi connectivity index (χ2v) is 8.34. The first-order valence-electron chi connectivity index (χ1n) is 9.45. The Morgan fingerprint density at radius 3 is 2.55 bits per heavy atom. The second-order valence-electron chi connectivity index (χ2n) is 6.86. The Bertz CT molecular complexity index is 1420. The third kappa shape index (κ3) is 3.85. The number of hydrogen-bond donors (Lipinski definition) is 0. The first-order chi connectivity index (χ1) is 15.1. The molecule has 0 saturated carbocycles. The van der Waals surface area contributed by atoms with Gasteiger partial charge in [-0.3, -0.25) is 9.36 Å². The molecule has 5 aromatic rings. The van der Waals surface area contributed by atoms with Gasteiger partial charge in [0.25, 0.3) is 5.56 Å². The van der Waals surface area contributed by atoms with E-state index in [0.29, 0.717) is 26.9 Å². The molecule has 3 aromatic heterocycles. The van der Waals surface area contributed by atoms with E-state index in [1.165, 1.54) is 22.2 Å². The highest BCUT2D eigenvalue weighted by atomic mass is 35.5. The van der Waals surface area contributed by atoms with Crippen molar-refractivity contribution in [1.82, 2.24) is 14.5 Å². The van der Waals surface area contributed by atoms with Crippen molar-refractivity contribution in [3.63, 3.8) is 0 Å². The van der Waals surface area contributed by atoms with E-state index in [-0.39, 0.29) is 12.1 Å². The maximum absolute atomic E-state index is 13.0. The molecule has 0 aliphatic rings. The highest BCUT2D eigenvalue weighted by Gasteiger charge is 2.13. The molecular weight excluding hydrogens is 434 g/mol. The van der Waals surface area contributed by atoms with E-state index in [4.69, 9.17) is 20.8 Å². The number of methoxy groups -OCH3 is 1. The Hall–Kier alpha value is -3.42. The molecule has 0 bridgehead atoms. The number of thiophene rings is 1. The number of rotatable bonds is 5. The Balaban J connectivity index is 1.43. The molecule has 0 aliphatic carbocycles. The predicted molar refractivity (Wildman–Crippen MR) is 122 cm³/mol. The summed E-state index contributed by atoms with van der Waals surface area (Å²) in [5.41, 5.74) is 2.42. The number of aromatic nitrogens is 3. The van der Waals surface area contributed by atoms with Crippen LogP contribution in [0.1, 0.15) is 5.89 Å². The molecule has 6 nitrogen and oxygen atoms in total. The average molecular weight is 450 g/mol. The van der Waals surface area contributed by atoms with Gasteiger partial charge in [0.1, 0.15) is 17.0 Å². The van der Waals surface area contributed by atoms with Crippen LogP contribution in [0, 0.1) is 0 Å². The summed E-state index contributed by atoms with van der Waals surface area (Å²) in [4.78, 5) is 22.8. The summed E-state index contributed by atoms with van der Waals surface area (Å²) in [5.74, 6) is 1.83. The molecule has 0 fully saturated rings. The van der Waals surface area contributed by atoms with Crippen LogP contribution in [0.5, 0.6) is 5.75 Å². The molecule has 0 amide bonds. The fraction of sp³-hybridized carbons (Fsp3) is 0.0870. The van der Waals surface area contributed by atoms with E-state index in [0.717, 1.165) is 21.8 Å². The van der Waals surface area contributed by atoms with Crippen LogP contribution in [0.25, 0.3) is 32.0 Å². The summed E-state index contributed by atoms with van der Waals surface area (Å²) in [6.07, 6.45) is 3.17. The fourth-order valence-electron chi connectivity index (χ4n) is 3.23. The van der Waals surface area contributed by atoms with Crippen LogP contribution in [-0.2, 0) is 6.54 Å². The van der Waals surface area contributed by atoms with Crippen LogP contribution in [-0.4, -0.2) is 21.6 Å². The molecule has 0 unspecified atom stereocenters. The lowest BCUT2D eigenvalue weighted by molar-refractivity contribution is 0.415. The summed E-state index contributed by atoms with van der Waals surface area (Å²) >= 11 is 7.35. The van der Waals surface area contributed by atoms with Crippen molar-refractivity contribution in [3.8, 4) is 27.5 Å². The lowest BCUT2D eigenvalue weighted by atomic mass is 10.2. The zero-order valence-electron chi connectivity index (χ0n) is 16.4. The van der Waals surface area contributed by atoms with Crippen molar-refractivity contribution in [2.75, 3.05) is 7.11 Å². The van der Waals surface area contributed by atoms with Crippen LogP contribution in [0.15, 0.2) is 76.3 Å². The number of oxazole rings is 1. The minimum Gasteiger partial charge on any atom is -0.497 e. The summed E-state index contributed by atoms with van der Waals surface area (Å²) in [6, 6.07) is 16.9. The molecule has 0 N–H and O–H groups in total. The molecule has 5 rings (SSSR count). The van der Waals surface area contributed by atoms with Crippen molar-refractivity contribution in [2.45, 2.75) is 6.54 Å². The monoisotopic (exact) mass is 449 g/mol. The second kappa shape index (κ2) is 8.02. The van der Waals surface area contributed by atoms with Gasteiger partial charge in [-0.25, -0.2) is 9.97 Å². The Morgan fingerprint density at radius 1 is 1.06 bits per heavy atom. The minimum absolute atomic E-state index is 0.124. The van der Waals surface area contributed by atoms with Gasteiger partial charge in [-0.2, -0.15) is 0 Å². The van der Waals surface area contributed by atoms with Crippen LogP contribution in [0.2, 0.25) is 5.02 Å². The zero-order chi connectivity index (χ0) is 21.4. The summed E-state index contributed by atoms with van der Waals surface area (Å²) in [5, 5.41) is 0.652. The van der Waals surface area contributed by atoms with Crippen molar-refractivity contribution in [3.05, 3.63) is 88.4 Å². The van der Waals surface area contributed by atoms with Crippen molar-refractivity contribution < 1.29 is 9.15 Å². The summed E-state index contributed by atoms with van der Waals surface area (Å²) in [7, 11) is 1.63. The molecular formula is C23H16ClN3O3S. The molecule has 2 aromatic carbocycles. The fourth-order valence-corrected chi connectivity index (χ4v) is 4.42.